The van der Waals surface area contributed by atoms with Gasteiger partial charge < -0.3 is 10.2 Å². The summed E-state index contributed by atoms with van der Waals surface area (Å²) >= 11 is 9.72. The molecule has 5 heteroatoms. The maximum Gasteiger partial charge on any atom is 0.150 e. The molecule has 15 heavy (non-hydrogen) atoms. The van der Waals surface area contributed by atoms with Crippen molar-refractivity contribution in [2.24, 2.45) is 0 Å². The lowest BCUT2D eigenvalue weighted by atomic mass is 10.0. The summed E-state index contributed by atoms with van der Waals surface area (Å²) in [6, 6.07) is 4.49. The van der Waals surface area contributed by atoms with Gasteiger partial charge in [0.25, 0.3) is 0 Å². The van der Waals surface area contributed by atoms with Gasteiger partial charge in [-0.2, -0.15) is 12.6 Å². The number of halogens is 1. The first-order chi connectivity index (χ1) is 7.10. The molecule has 1 aromatic carbocycles. The molecule has 0 spiro atoms. The minimum Gasteiger partial charge on any atom is -0.389 e. The van der Waals surface area contributed by atoms with Crippen molar-refractivity contribution >= 4 is 30.5 Å². The molecule has 2 N–H and O–H groups in total. The van der Waals surface area contributed by atoms with Gasteiger partial charge in [-0.3, -0.25) is 4.79 Å². The van der Waals surface area contributed by atoms with Gasteiger partial charge in [0.1, 0.15) is 12.4 Å². The molecular formula is C10H11ClO3S. The molecule has 0 radical (unpaired) electrons. The molecule has 0 fully saturated rings. The zero-order chi connectivity index (χ0) is 11.4. The second-order valence-electron chi connectivity index (χ2n) is 3.09. The third kappa shape index (κ3) is 2.95. The number of benzene rings is 1. The van der Waals surface area contributed by atoms with Crippen LogP contribution in [0.2, 0.25) is 5.02 Å². The Balaban J connectivity index is 2.99. The summed E-state index contributed by atoms with van der Waals surface area (Å²) in [4.78, 5) is 10.4. The van der Waals surface area contributed by atoms with E-state index in [0.717, 1.165) is 0 Å². The summed E-state index contributed by atoms with van der Waals surface area (Å²) in [5.41, 5.74) is 0.820. The lowest BCUT2D eigenvalue weighted by molar-refractivity contribution is 0.0338. The molecule has 0 amide bonds. The number of aliphatic hydroxyl groups is 2. The Labute approximate surface area is 98.1 Å². The first kappa shape index (κ1) is 12.5. The standard InChI is InChI=1S/C10H11ClO3S/c11-8-3-6(4-12)1-2-7(8)10(14)9(13)5-15/h1-4,9-10,13-15H,5H2. The number of hydrogen-bond acceptors (Lipinski definition) is 4. The number of thiol groups is 1. The lowest BCUT2D eigenvalue weighted by Crippen LogP contribution is -2.20. The highest BCUT2D eigenvalue weighted by molar-refractivity contribution is 7.80. The molecule has 0 heterocycles. The second kappa shape index (κ2) is 5.51. The molecule has 0 aliphatic carbocycles. The van der Waals surface area contributed by atoms with Gasteiger partial charge in [-0.15, -0.1) is 0 Å². The SMILES string of the molecule is O=Cc1ccc(C(O)C(O)CS)c(Cl)c1. The molecule has 0 bridgehead atoms. The number of aldehydes is 1. The molecule has 82 valence electrons. The Morgan fingerprint density at radius 3 is 2.60 bits per heavy atom. The van der Waals surface area contributed by atoms with E-state index in [1.54, 1.807) is 0 Å². The Bertz CT molecular complexity index is 357. The van der Waals surface area contributed by atoms with E-state index in [1.807, 2.05) is 0 Å². The minimum atomic E-state index is -1.09. The van der Waals surface area contributed by atoms with Crippen molar-refractivity contribution in [1.29, 1.82) is 0 Å². The summed E-state index contributed by atoms with van der Waals surface area (Å²) < 4.78 is 0. The maximum atomic E-state index is 10.4. The molecular weight excluding hydrogens is 236 g/mol. The first-order valence-electron chi connectivity index (χ1n) is 4.31. The van der Waals surface area contributed by atoms with Crippen LogP contribution in [0.4, 0.5) is 0 Å². The molecule has 0 aromatic heterocycles. The molecule has 3 nitrogen and oxygen atoms in total. The van der Waals surface area contributed by atoms with E-state index in [4.69, 9.17) is 11.6 Å². The van der Waals surface area contributed by atoms with Gasteiger partial charge in [-0.25, -0.2) is 0 Å². The van der Waals surface area contributed by atoms with Gasteiger partial charge in [0, 0.05) is 21.9 Å². The molecule has 2 atom stereocenters. The topological polar surface area (TPSA) is 57.5 Å². The van der Waals surface area contributed by atoms with Crippen LogP contribution >= 0.6 is 24.2 Å². The van der Waals surface area contributed by atoms with Crippen molar-refractivity contribution in [2.75, 3.05) is 5.75 Å². The Morgan fingerprint density at radius 2 is 2.13 bits per heavy atom. The van der Waals surface area contributed by atoms with Crippen LogP contribution in [-0.2, 0) is 0 Å². The van der Waals surface area contributed by atoms with Crippen LogP contribution in [0.1, 0.15) is 22.0 Å². The average molecular weight is 247 g/mol. The molecule has 2 unspecified atom stereocenters. The number of hydrogen-bond donors (Lipinski definition) is 3. The van der Waals surface area contributed by atoms with E-state index >= 15 is 0 Å². The highest BCUT2D eigenvalue weighted by Crippen LogP contribution is 2.26. The number of carbonyl (C=O) groups excluding carboxylic acids is 1. The Hall–Kier alpha value is -0.550. The smallest absolute Gasteiger partial charge is 0.150 e. The minimum absolute atomic E-state index is 0.132. The van der Waals surface area contributed by atoms with Gasteiger partial charge in [-0.05, 0) is 6.07 Å². The number of aliphatic hydroxyl groups excluding tert-OH is 2. The lowest BCUT2D eigenvalue weighted by Gasteiger charge is -2.17. The van der Waals surface area contributed by atoms with Crippen LogP contribution in [0.15, 0.2) is 18.2 Å². The van der Waals surface area contributed by atoms with E-state index in [0.29, 0.717) is 17.4 Å². The highest BCUT2D eigenvalue weighted by atomic mass is 35.5. The summed E-state index contributed by atoms with van der Waals surface area (Å²) in [6.07, 6.45) is -1.40. The normalized spacial score (nSPS) is 14.7. The third-order valence-electron chi connectivity index (χ3n) is 2.03. The zero-order valence-electron chi connectivity index (χ0n) is 7.80. The largest absolute Gasteiger partial charge is 0.389 e. The van der Waals surface area contributed by atoms with Gasteiger partial charge >= 0.3 is 0 Å². The monoisotopic (exact) mass is 246 g/mol. The summed E-state index contributed by atoms with van der Waals surface area (Å²) in [6.45, 7) is 0. The van der Waals surface area contributed by atoms with Gasteiger partial charge in [0.2, 0.25) is 0 Å². The van der Waals surface area contributed by atoms with Crippen molar-refractivity contribution in [3.8, 4) is 0 Å². The Kier molecular flexibility index (Phi) is 4.60. The van der Waals surface area contributed by atoms with Gasteiger partial charge in [0.05, 0.1) is 6.10 Å². The zero-order valence-corrected chi connectivity index (χ0v) is 9.45. The summed E-state index contributed by atoms with van der Waals surface area (Å²) in [5.74, 6) is 0.132. The van der Waals surface area contributed by atoms with Crippen molar-refractivity contribution in [3.05, 3.63) is 34.3 Å². The highest BCUT2D eigenvalue weighted by Gasteiger charge is 2.19. The average Bonchev–Trinajstić information content (AvgIpc) is 2.26. The Morgan fingerprint density at radius 1 is 1.47 bits per heavy atom. The van der Waals surface area contributed by atoms with Crippen LogP contribution in [0.5, 0.6) is 0 Å². The predicted molar refractivity (Wildman–Crippen MR) is 61.7 cm³/mol. The molecule has 0 aliphatic heterocycles. The fraction of sp³-hybridized carbons (Fsp3) is 0.300. The predicted octanol–water partition coefficient (Wildman–Crippen LogP) is 1.48. The van der Waals surface area contributed by atoms with Gasteiger partial charge in [0.15, 0.2) is 0 Å². The van der Waals surface area contributed by atoms with E-state index in [2.05, 4.69) is 12.6 Å². The van der Waals surface area contributed by atoms with Crippen molar-refractivity contribution in [1.82, 2.24) is 0 Å². The third-order valence-corrected chi connectivity index (χ3v) is 2.73. The first-order valence-corrected chi connectivity index (χ1v) is 5.32. The van der Waals surface area contributed by atoms with Crippen LogP contribution in [-0.4, -0.2) is 28.4 Å². The van der Waals surface area contributed by atoms with Crippen molar-refractivity contribution in [3.63, 3.8) is 0 Å². The van der Waals surface area contributed by atoms with E-state index in [1.165, 1.54) is 18.2 Å². The molecule has 1 aromatic rings. The van der Waals surface area contributed by atoms with E-state index in [-0.39, 0.29) is 10.8 Å². The van der Waals surface area contributed by atoms with E-state index in [9.17, 15) is 15.0 Å². The molecule has 0 saturated heterocycles. The van der Waals surface area contributed by atoms with Crippen LogP contribution in [0.25, 0.3) is 0 Å². The number of carbonyl (C=O) groups is 1. The summed E-state index contributed by atoms with van der Waals surface area (Å²) in [5, 5.41) is 19.3. The fourth-order valence-corrected chi connectivity index (χ4v) is 1.66. The van der Waals surface area contributed by atoms with Crippen molar-refractivity contribution < 1.29 is 15.0 Å². The van der Waals surface area contributed by atoms with E-state index < -0.39 is 12.2 Å². The molecule has 1 rings (SSSR count). The van der Waals surface area contributed by atoms with Crippen molar-refractivity contribution in [2.45, 2.75) is 12.2 Å². The van der Waals surface area contributed by atoms with Crippen LogP contribution < -0.4 is 0 Å². The molecule has 0 saturated carbocycles. The fourth-order valence-electron chi connectivity index (χ4n) is 1.16. The van der Waals surface area contributed by atoms with Gasteiger partial charge in [-0.1, -0.05) is 23.7 Å². The quantitative estimate of drug-likeness (QED) is 0.557. The number of rotatable bonds is 4. The summed E-state index contributed by atoms with van der Waals surface area (Å²) in [7, 11) is 0. The molecule has 0 aliphatic rings. The maximum absolute atomic E-state index is 10.4. The second-order valence-corrected chi connectivity index (χ2v) is 3.87. The van der Waals surface area contributed by atoms with Crippen LogP contribution in [0, 0.1) is 0 Å². The van der Waals surface area contributed by atoms with Crippen LogP contribution in [0.3, 0.4) is 0 Å².